The van der Waals surface area contributed by atoms with Crippen molar-refractivity contribution in [3.05, 3.63) is 57.6 Å². The zero-order valence-electron chi connectivity index (χ0n) is 22.2. The van der Waals surface area contributed by atoms with Gasteiger partial charge in [-0.05, 0) is 99.1 Å². The molecule has 2 fully saturated rings. The van der Waals surface area contributed by atoms with Crippen molar-refractivity contribution in [1.29, 1.82) is 0 Å². The van der Waals surface area contributed by atoms with Crippen LogP contribution in [0.4, 0.5) is 0 Å². The number of nitrogens with zero attached hydrogens (tertiary/aromatic N) is 1. The van der Waals surface area contributed by atoms with Gasteiger partial charge in [0, 0.05) is 36.6 Å². The molecule has 0 bridgehead atoms. The van der Waals surface area contributed by atoms with E-state index in [9.17, 15) is 9.90 Å². The zero-order valence-corrected chi connectivity index (χ0v) is 22.9. The van der Waals surface area contributed by atoms with Crippen molar-refractivity contribution in [3.8, 4) is 11.5 Å². The number of carbonyl (C=O) groups is 1. The summed E-state index contributed by atoms with van der Waals surface area (Å²) in [4.78, 5) is 14.3. The number of carboxylic acid groups (broad SMARTS) is 1. The van der Waals surface area contributed by atoms with E-state index < -0.39 is 5.97 Å². The summed E-state index contributed by atoms with van der Waals surface area (Å²) in [7, 11) is 0. The van der Waals surface area contributed by atoms with Crippen LogP contribution in [-0.2, 0) is 24.2 Å². The number of aryl methyl sites for hydroxylation is 1. The van der Waals surface area contributed by atoms with Crippen molar-refractivity contribution in [1.82, 2.24) is 4.90 Å². The molecule has 2 aromatic carbocycles. The normalized spacial score (nSPS) is 23.5. The molecule has 5 nitrogen and oxygen atoms in total. The van der Waals surface area contributed by atoms with Gasteiger partial charge in [-0.3, -0.25) is 9.69 Å². The molecule has 198 valence electrons. The average Bonchev–Trinajstić information content (AvgIpc) is 3.62. The van der Waals surface area contributed by atoms with Gasteiger partial charge in [-0.1, -0.05) is 30.7 Å². The smallest absolute Gasteiger partial charge is 0.306 e. The van der Waals surface area contributed by atoms with Gasteiger partial charge in [-0.25, -0.2) is 0 Å². The largest absolute Gasteiger partial charge is 0.487 e. The SMILES string of the molecule is CC(C(=O)O)C(c1ccc2c(c1)OC1(CC2)CCN(Cc2cc(Cl)cc3c2OC(C)(C)C3)CC1)C1CC1. The van der Waals surface area contributed by atoms with E-state index in [1.165, 1.54) is 16.7 Å². The maximum Gasteiger partial charge on any atom is 0.306 e. The van der Waals surface area contributed by atoms with Gasteiger partial charge in [0.05, 0.1) is 5.92 Å². The van der Waals surface area contributed by atoms with Crippen molar-refractivity contribution in [2.24, 2.45) is 11.8 Å². The second-order valence-electron chi connectivity index (χ2n) is 12.5. The number of aliphatic carboxylic acids is 1. The van der Waals surface area contributed by atoms with Crippen molar-refractivity contribution >= 4 is 17.6 Å². The monoisotopic (exact) mass is 523 g/mol. The van der Waals surface area contributed by atoms with Crippen LogP contribution in [0.5, 0.6) is 11.5 Å². The van der Waals surface area contributed by atoms with Crippen molar-refractivity contribution < 1.29 is 19.4 Å². The molecule has 0 amide bonds. The molecule has 1 aliphatic carbocycles. The first-order chi connectivity index (χ1) is 17.6. The minimum atomic E-state index is -0.710. The van der Waals surface area contributed by atoms with E-state index >= 15 is 0 Å². The Morgan fingerprint density at radius 3 is 2.57 bits per heavy atom. The number of fused-ring (bicyclic) bond motifs is 2. The number of likely N-dealkylation sites (tertiary alicyclic amines) is 1. The molecule has 2 atom stereocenters. The minimum Gasteiger partial charge on any atom is -0.487 e. The Balaban J connectivity index is 1.15. The van der Waals surface area contributed by atoms with Gasteiger partial charge in [-0.2, -0.15) is 0 Å². The lowest BCUT2D eigenvalue weighted by Gasteiger charge is -2.45. The Hall–Kier alpha value is -2.24. The Morgan fingerprint density at radius 1 is 1.11 bits per heavy atom. The molecule has 1 N–H and O–H groups in total. The molecule has 37 heavy (non-hydrogen) atoms. The number of hydrogen-bond acceptors (Lipinski definition) is 4. The van der Waals surface area contributed by atoms with Crippen LogP contribution in [0.15, 0.2) is 30.3 Å². The third kappa shape index (κ3) is 4.97. The standard InChI is InChI=1S/C31H38ClNO4/c1-19(29(34)35)27(21-5-6-21)22-7-4-20-8-9-31(36-26(20)16-22)10-12-33(13-11-31)18-24-15-25(32)14-23-17-30(2,3)37-28(23)24/h4,7,14-16,19,21,27H,5-6,8-13,17-18H2,1-3H3,(H,34,35). The van der Waals surface area contributed by atoms with Crippen LogP contribution >= 0.6 is 11.6 Å². The summed E-state index contributed by atoms with van der Waals surface area (Å²) in [6, 6.07) is 10.6. The molecule has 0 aromatic heterocycles. The molecule has 4 aliphatic rings. The van der Waals surface area contributed by atoms with E-state index in [4.69, 9.17) is 21.1 Å². The Bertz CT molecular complexity index is 1210. The highest BCUT2D eigenvalue weighted by molar-refractivity contribution is 6.30. The van der Waals surface area contributed by atoms with Gasteiger partial charge in [0.25, 0.3) is 0 Å². The van der Waals surface area contributed by atoms with Crippen LogP contribution in [0.25, 0.3) is 0 Å². The number of hydrogen-bond donors (Lipinski definition) is 1. The average molecular weight is 524 g/mol. The summed E-state index contributed by atoms with van der Waals surface area (Å²) in [5, 5.41) is 10.5. The summed E-state index contributed by atoms with van der Waals surface area (Å²) in [5.74, 6) is 1.45. The first-order valence-corrected chi connectivity index (χ1v) is 14.3. The molecule has 2 aromatic rings. The third-order valence-electron chi connectivity index (χ3n) is 9.07. The van der Waals surface area contributed by atoms with Crippen molar-refractivity contribution in [2.45, 2.75) is 89.4 Å². The quantitative estimate of drug-likeness (QED) is 0.460. The van der Waals surface area contributed by atoms with Gasteiger partial charge in [-0.15, -0.1) is 0 Å². The summed E-state index contributed by atoms with van der Waals surface area (Å²) >= 11 is 6.47. The van der Waals surface area contributed by atoms with E-state index in [-0.39, 0.29) is 23.0 Å². The fourth-order valence-corrected chi connectivity index (χ4v) is 7.14. The Morgan fingerprint density at radius 2 is 1.86 bits per heavy atom. The van der Waals surface area contributed by atoms with Crippen molar-refractivity contribution in [2.75, 3.05) is 13.1 Å². The lowest BCUT2D eigenvalue weighted by atomic mass is 9.80. The number of piperidine rings is 1. The second kappa shape index (κ2) is 9.20. The zero-order chi connectivity index (χ0) is 25.9. The van der Waals surface area contributed by atoms with Gasteiger partial charge >= 0.3 is 5.97 Å². The van der Waals surface area contributed by atoms with E-state index in [1.807, 2.05) is 13.0 Å². The Labute approximate surface area is 225 Å². The van der Waals surface area contributed by atoms with Crippen LogP contribution in [0, 0.1) is 11.8 Å². The van der Waals surface area contributed by atoms with Gasteiger partial charge in [0.1, 0.15) is 22.7 Å². The number of ether oxygens (including phenoxy) is 2. The summed E-state index contributed by atoms with van der Waals surface area (Å²) < 4.78 is 13.1. The fourth-order valence-electron chi connectivity index (χ4n) is 6.88. The van der Waals surface area contributed by atoms with E-state index in [0.29, 0.717) is 5.92 Å². The lowest BCUT2D eigenvalue weighted by Crippen LogP contribution is -2.49. The van der Waals surface area contributed by atoms with E-state index in [0.717, 1.165) is 86.7 Å². The van der Waals surface area contributed by atoms with Crippen LogP contribution in [-0.4, -0.2) is 40.3 Å². The maximum atomic E-state index is 11.8. The Kier molecular flexibility index (Phi) is 6.23. The van der Waals surface area contributed by atoms with E-state index in [2.05, 4.69) is 43.0 Å². The van der Waals surface area contributed by atoms with Gasteiger partial charge in [0.15, 0.2) is 0 Å². The van der Waals surface area contributed by atoms with Crippen LogP contribution in [0.3, 0.4) is 0 Å². The molecule has 3 aliphatic heterocycles. The van der Waals surface area contributed by atoms with Crippen LogP contribution in [0.2, 0.25) is 5.02 Å². The highest BCUT2D eigenvalue weighted by atomic mass is 35.5. The first kappa shape index (κ1) is 25.1. The fraction of sp³-hybridized carbons (Fsp3) is 0.581. The number of rotatable bonds is 6. The summed E-state index contributed by atoms with van der Waals surface area (Å²) in [6.07, 6.45) is 7.17. The predicted octanol–water partition coefficient (Wildman–Crippen LogP) is 6.63. The highest BCUT2D eigenvalue weighted by Gasteiger charge is 2.42. The summed E-state index contributed by atoms with van der Waals surface area (Å²) in [5.41, 5.74) is 4.46. The van der Waals surface area contributed by atoms with Crippen LogP contribution in [0.1, 0.15) is 81.0 Å². The molecular formula is C31H38ClNO4. The number of carboxylic acids is 1. The predicted molar refractivity (Wildman–Crippen MR) is 145 cm³/mol. The molecule has 1 saturated heterocycles. The third-order valence-corrected chi connectivity index (χ3v) is 9.29. The molecule has 2 unspecified atom stereocenters. The molecule has 1 spiro atoms. The minimum absolute atomic E-state index is 0.0674. The molecule has 1 saturated carbocycles. The molecule has 0 radical (unpaired) electrons. The van der Waals surface area contributed by atoms with Crippen LogP contribution < -0.4 is 9.47 Å². The number of benzene rings is 2. The topological polar surface area (TPSA) is 59.0 Å². The van der Waals surface area contributed by atoms with Gasteiger partial charge in [0.2, 0.25) is 0 Å². The van der Waals surface area contributed by atoms with E-state index in [1.54, 1.807) is 0 Å². The lowest BCUT2D eigenvalue weighted by molar-refractivity contribution is -0.142. The molecule has 6 heteroatoms. The summed E-state index contributed by atoms with van der Waals surface area (Å²) in [6.45, 7) is 8.90. The second-order valence-corrected chi connectivity index (χ2v) is 12.9. The van der Waals surface area contributed by atoms with Gasteiger partial charge < -0.3 is 14.6 Å². The molecule has 3 heterocycles. The first-order valence-electron chi connectivity index (χ1n) is 13.9. The highest BCUT2D eigenvalue weighted by Crippen LogP contribution is 2.49. The molecular weight excluding hydrogens is 486 g/mol. The molecule has 6 rings (SSSR count). The number of halogens is 1. The van der Waals surface area contributed by atoms with Crippen molar-refractivity contribution in [3.63, 3.8) is 0 Å². The maximum absolute atomic E-state index is 11.8.